The van der Waals surface area contributed by atoms with Crippen LogP contribution in [0.4, 0.5) is 0 Å². The number of likely N-dealkylation sites (N-methyl/N-ethyl adjacent to an activating group) is 1. The third kappa shape index (κ3) is 2.66. The average Bonchev–Trinajstić information content (AvgIpc) is 2.14. The molecule has 0 unspecified atom stereocenters. The van der Waals surface area contributed by atoms with E-state index in [4.69, 9.17) is 5.11 Å². The van der Waals surface area contributed by atoms with Crippen molar-refractivity contribution in [1.29, 1.82) is 0 Å². The van der Waals surface area contributed by atoms with Crippen molar-refractivity contribution in [3.63, 3.8) is 0 Å². The number of hydrogen-bond donors (Lipinski definition) is 4. The molecule has 1 saturated heterocycles. The third-order valence-electron chi connectivity index (χ3n) is 2.78. The fourth-order valence-electron chi connectivity index (χ4n) is 1.92. The van der Waals surface area contributed by atoms with Gasteiger partial charge in [-0.25, -0.2) is 0 Å². The lowest BCUT2D eigenvalue weighted by Gasteiger charge is -2.43. The van der Waals surface area contributed by atoms with E-state index in [1.807, 2.05) is 0 Å². The van der Waals surface area contributed by atoms with E-state index in [1.165, 1.54) is 6.92 Å². The van der Waals surface area contributed by atoms with E-state index in [1.54, 1.807) is 11.9 Å². The Hall–Kier alpha value is -0.690. The van der Waals surface area contributed by atoms with Gasteiger partial charge in [0.25, 0.3) is 0 Å². The van der Waals surface area contributed by atoms with Gasteiger partial charge >= 0.3 is 0 Å². The Morgan fingerprint density at radius 1 is 1.47 bits per heavy atom. The highest BCUT2D eigenvalue weighted by Crippen LogP contribution is 2.16. The molecule has 6 heteroatoms. The van der Waals surface area contributed by atoms with Crippen molar-refractivity contribution in [3.05, 3.63) is 0 Å². The van der Waals surface area contributed by atoms with Crippen molar-refractivity contribution in [2.75, 3.05) is 20.2 Å². The topological polar surface area (TPSA) is 93.0 Å². The first kappa shape index (κ1) is 12.4. The molecule has 0 aromatic heterocycles. The summed E-state index contributed by atoms with van der Waals surface area (Å²) >= 11 is 0. The lowest BCUT2D eigenvalue weighted by molar-refractivity contribution is -0.127. The lowest BCUT2D eigenvalue weighted by Crippen LogP contribution is -2.65. The molecule has 0 aliphatic carbocycles. The fourth-order valence-corrected chi connectivity index (χ4v) is 1.92. The van der Waals surface area contributed by atoms with Gasteiger partial charge in [-0.1, -0.05) is 0 Å². The molecule has 0 aromatic rings. The predicted octanol–water partition coefficient (Wildman–Crippen LogP) is -2.48. The minimum atomic E-state index is -1.05. The van der Waals surface area contributed by atoms with Gasteiger partial charge in [-0.2, -0.15) is 0 Å². The monoisotopic (exact) mass is 218 g/mol. The van der Waals surface area contributed by atoms with Gasteiger partial charge in [-0.3, -0.25) is 9.69 Å². The standard InChI is InChI=1S/C9H18N2O4/c1-5(13)10-6-3-11(2)7(4-12)9(15)8(6)14/h6-9,12,14-15H,3-4H2,1-2H3,(H,10,13)/t6-,7+,8+,9-/m0/s1. The van der Waals surface area contributed by atoms with Crippen LogP contribution in [0.15, 0.2) is 0 Å². The zero-order chi connectivity index (χ0) is 11.6. The number of nitrogens with zero attached hydrogens (tertiary/aromatic N) is 1. The lowest BCUT2D eigenvalue weighted by atomic mass is 9.93. The third-order valence-corrected chi connectivity index (χ3v) is 2.78. The molecular weight excluding hydrogens is 200 g/mol. The quantitative estimate of drug-likeness (QED) is 0.412. The number of likely N-dealkylation sites (tertiary alicyclic amines) is 1. The molecule has 0 aromatic carbocycles. The number of carbonyl (C=O) groups excluding carboxylic acids is 1. The largest absolute Gasteiger partial charge is 0.395 e. The normalized spacial score (nSPS) is 37.7. The summed E-state index contributed by atoms with van der Waals surface area (Å²) in [5.74, 6) is -0.248. The van der Waals surface area contributed by atoms with Crippen molar-refractivity contribution < 1.29 is 20.1 Å². The van der Waals surface area contributed by atoms with Crippen LogP contribution in [0, 0.1) is 0 Å². The number of rotatable bonds is 2. The molecule has 0 bridgehead atoms. The van der Waals surface area contributed by atoms with Crippen molar-refractivity contribution in [2.45, 2.75) is 31.2 Å². The molecule has 88 valence electrons. The van der Waals surface area contributed by atoms with Crippen LogP contribution in [0.1, 0.15) is 6.92 Å². The smallest absolute Gasteiger partial charge is 0.217 e. The van der Waals surface area contributed by atoms with Crippen molar-refractivity contribution in [1.82, 2.24) is 10.2 Å². The van der Waals surface area contributed by atoms with Crippen LogP contribution < -0.4 is 5.32 Å². The molecule has 1 aliphatic rings. The van der Waals surface area contributed by atoms with Crippen LogP contribution in [0.5, 0.6) is 0 Å². The number of carbonyl (C=O) groups is 1. The summed E-state index contributed by atoms with van der Waals surface area (Å²) in [6.45, 7) is 1.54. The SMILES string of the molecule is CC(=O)N[C@H]1CN(C)[C@H](CO)[C@H](O)[C@@H]1O. The highest BCUT2D eigenvalue weighted by Gasteiger charge is 2.40. The summed E-state index contributed by atoms with van der Waals surface area (Å²) in [6, 6.07) is -0.977. The Morgan fingerprint density at radius 2 is 2.07 bits per heavy atom. The first-order valence-corrected chi connectivity index (χ1v) is 4.91. The average molecular weight is 218 g/mol. The van der Waals surface area contributed by atoms with E-state index < -0.39 is 24.3 Å². The van der Waals surface area contributed by atoms with E-state index in [9.17, 15) is 15.0 Å². The van der Waals surface area contributed by atoms with Gasteiger partial charge in [-0.15, -0.1) is 0 Å². The van der Waals surface area contributed by atoms with Gasteiger partial charge in [0.05, 0.1) is 24.8 Å². The predicted molar refractivity (Wildman–Crippen MR) is 53.1 cm³/mol. The molecule has 1 aliphatic heterocycles. The summed E-state index contributed by atoms with van der Waals surface area (Å²) in [4.78, 5) is 12.6. The minimum absolute atomic E-state index is 0.221. The summed E-state index contributed by atoms with van der Waals surface area (Å²) in [5, 5.41) is 31.0. The van der Waals surface area contributed by atoms with Gasteiger partial charge in [0.15, 0.2) is 0 Å². The highest BCUT2D eigenvalue weighted by molar-refractivity contribution is 5.73. The maximum atomic E-state index is 10.9. The zero-order valence-electron chi connectivity index (χ0n) is 8.92. The summed E-state index contributed by atoms with van der Waals surface area (Å²) in [7, 11) is 1.73. The Bertz CT molecular complexity index is 236. The molecule has 1 fully saturated rings. The molecule has 0 saturated carbocycles. The molecule has 1 amide bonds. The van der Waals surface area contributed by atoms with Crippen molar-refractivity contribution >= 4 is 5.91 Å². The number of amides is 1. The van der Waals surface area contributed by atoms with Gasteiger partial charge in [0.2, 0.25) is 5.91 Å². The highest BCUT2D eigenvalue weighted by atomic mass is 16.3. The fraction of sp³-hybridized carbons (Fsp3) is 0.889. The van der Waals surface area contributed by atoms with Gasteiger partial charge in [-0.05, 0) is 7.05 Å². The summed E-state index contributed by atoms with van der Waals surface area (Å²) in [6.07, 6.45) is -2.09. The number of piperidine rings is 1. The second-order valence-corrected chi connectivity index (χ2v) is 3.98. The minimum Gasteiger partial charge on any atom is -0.395 e. The Labute approximate surface area is 88.5 Å². The first-order valence-electron chi connectivity index (χ1n) is 4.91. The Morgan fingerprint density at radius 3 is 2.53 bits per heavy atom. The Kier molecular flexibility index (Phi) is 4.04. The molecule has 4 atom stereocenters. The van der Waals surface area contributed by atoms with Crippen LogP contribution in [0.3, 0.4) is 0 Å². The Balaban J connectivity index is 2.68. The van der Waals surface area contributed by atoms with E-state index in [-0.39, 0.29) is 12.5 Å². The second kappa shape index (κ2) is 4.89. The molecular formula is C9H18N2O4. The van der Waals surface area contributed by atoms with Gasteiger partial charge in [0, 0.05) is 13.5 Å². The van der Waals surface area contributed by atoms with Crippen LogP contribution in [-0.4, -0.2) is 70.6 Å². The molecule has 4 N–H and O–H groups in total. The maximum absolute atomic E-state index is 10.9. The molecule has 1 heterocycles. The van der Waals surface area contributed by atoms with Crippen LogP contribution in [-0.2, 0) is 4.79 Å². The first-order chi connectivity index (χ1) is 6.97. The van der Waals surface area contributed by atoms with E-state index >= 15 is 0 Å². The van der Waals surface area contributed by atoms with E-state index in [0.29, 0.717) is 6.54 Å². The van der Waals surface area contributed by atoms with Crippen LogP contribution in [0.2, 0.25) is 0 Å². The second-order valence-electron chi connectivity index (χ2n) is 3.98. The maximum Gasteiger partial charge on any atom is 0.217 e. The number of nitrogens with one attached hydrogen (secondary N) is 1. The number of hydrogen-bond acceptors (Lipinski definition) is 5. The summed E-state index contributed by atoms with van der Waals surface area (Å²) < 4.78 is 0. The van der Waals surface area contributed by atoms with Gasteiger partial charge in [0.1, 0.15) is 6.10 Å². The zero-order valence-corrected chi connectivity index (χ0v) is 8.92. The van der Waals surface area contributed by atoms with Crippen molar-refractivity contribution in [2.24, 2.45) is 0 Å². The summed E-state index contributed by atoms with van der Waals surface area (Å²) in [5.41, 5.74) is 0. The molecule has 6 nitrogen and oxygen atoms in total. The van der Waals surface area contributed by atoms with Crippen LogP contribution in [0.25, 0.3) is 0 Å². The van der Waals surface area contributed by atoms with Crippen molar-refractivity contribution in [3.8, 4) is 0 Å². The number of aliphatic hydroxyl groups is 3. The molecule has 15 heavy (non-hydrogen) atoms. The van der Waals surface area contributed by atoms with Gasteiger partial charge < -0.3 is 20.6 Å². The van der Waals surface area contributed by atoms with E-state index in [2.05, 4.69) is 5.32 Å². The molecule has 0 radical (unpaired) electrons. The van der Waals surface area contributed by atoms with Crippen LogP contribution >= 0.6 is 0 Å². The van der Waals surface area contributed by atoms with E-state index in [0.717, 1.165) is 0 Å². The number of aliphatic hydroxyl groups excluding tert-OH is 3. The molecule has 1 rings (SSSR count). The molecule has 0 spiro atoms.